The molecule has 2 heterocycles. The van der Waals surface area contributed by atoms with Crippen LogP contribution < -0.4 is 0 Å². The summed E-state index contributed by atoms with van der Waals surface area (Å²) >= 11 is 0. The average Bonchev–Trinajstić information content (AvgIpc) is 3.16. The first-order valence-electron chi connectivity index (χ1n) is 7.51. The number of hydrogen-bond acceptors (Lipinski definition) is 4. The molecule has 0 spiro atoms. The van der Waals surface area contributed by atoms with Crippen LogP contribution in [0.15, 0.2) is 34.7 Å². The Hall–Kier alpha value is -2.25. The monoisotopic (exact) mass is 337 g/mol. The van der Waals surface area contributed by atoms with Crippen molar-refractivity contribution in [1.29, 1.82) is 0 Å². The van der Waals surface area contributed by atoms with E-state index in [-0.39, 0.29) is 30.9 Å². The van der Waals surface area contributed by atoms with Crippen molar-refractivity contribution >= 4 is 5.91 Å². The fourth-order valence-corrected chi connectivity index (χ4v) is 2.96. The number of benzene rings is 1. The van der Waals surface area contributed by atoms with Crippen LogP contribution in [-0.2, 0) is 11.3 Å². The zero-order chi connectivity index (χ0) is 17.3. The minimum Gasteiger partial charge on any atom is -0.453 e. The van der Waals surface area contributed by atoms with Crippen molar-refractivity contribution in [3.05, 3.63) is 59.1 Å². The number of nitrogens with zero attached hydrogens (tertiary/aromatic N) is 1. The van der Waals surface area contributed by atoms with Gasteiger partial charge in [0.25, 0.3) is 5.91 Å². The Kier molecular flexibility index (Phi) is 4.64. The number of methoxy groups -OCH3 is 1. The van der Waals surface area contributed by atoms with Gasteiger partial charge in [-0.1, -0.05) is 0 Å². The Balaban J connectivity index is 1.89. The number of hydrogen-bond donors (Lipinski definition) is 1. The summed E-state index contributed by atoms with van der Waals surface area (Å²) in [6.07, 6.45) is -0.674. The summed E-state index contributed by atoms with van der Waals surface area (Å²) < 4.78 is 37.9. The molecule has 0 saturated carbocycles. The molecule has 1 amide bonds. The number of rotatable bonds is 4. The van der Waals surface area contributed by atoms with Crippen molar-refractivity contribution in [3.8, 4) is 0 Å². The second-order valence-corrected chi connectivity index (χ2v) is 5.73. The minimum atomic E-state index is -0.810. The molecule has 24 heavy (non-hydrogen) atoms. The van der Waals surface area contributed by atoms with E-state index in [4.69, 9.17) is 9.15 Å². The fourth-order valence-electron chi connectivity index (χ4n) is 2.96. The normalized spacial score (nSPS) is 20.6. The van der Waals surface area contributed by atoms with Gasteiger partial charge in [0.1, 0.15) is 24.0 Å². The van der Waals surface area contributed by atoms with Crippen LogP contribution >= 0.6 is 0 Å². The third-order valence-electron chi connectivity index (χ3n) is 4.02. The van der Waals surface area contributed by atoms with E-state index < -0.39 is 29.7 Å². The maximum atomic E-state index is 14.1. The molecule has 1 fully saturated rings. The second kappa shape index (κ2) is 6.70. The van der Waals surface area contributed by atoms with Gasteiger partial charge in [-0.2, -0.15) is 0 Å². The van der Waals surface area contributed by atoms with E-state index in [9.17, 15) is 18.7 Å². The Bertz CT molecular complexity index is 746. The molecule has 1 aromatic carbocycles. The number of carbonyl (C=O) groups is 1. The van der Waals surface area contributed by atoms with Gasteiger partial charge in [0.05, 0.1) is 12.1 Å². The number of β-amino-alcohol motifs (C(OH)–C–C–N with tert-alkyl or cyclic N) is 1. The first-order chi connectivity index (χ1) is 11.5. The van der Waals surface area contributed by atoms with Gasteiger partial charge in [-0.25, -0.2) is 8.78 Å². The predicted octanol–water partition coefficient (Wildman–Crippen LogP) is 2.65. The Labute approximate surface area is 137 Å². The molecule has 128 valence electrons. The van der Waals surface area contributed by atoms with Crippen LogP contribution in [-0.4, -0.2) is 35.7 Å². The van der Waals surface area contributed by atoms with Gasteiger partial charge < -0.3 is 19.2 Å². The third kappa shape index (κ3) is 3.18. The highest BCUT2D eigenvalue weighted by Crippen LogP contribution is 2.35. The van der Waals surface area contributed by atoms with Gasteiger partial charge in [-0.3, -0.25) is 4.79 Å². The van der Waals surface area contributed by atoms with Crippen LogP contribution in [0.5, 0.6) is 0 Å². The highest BCUT2D eigenvalue weighted by Gasteiger charge is 2.38. The number of aliphatic hydroxyl groups excluding tert-OH is 1. The molecule has 3 rings (SSSR count). The molecule has 2 atom stereocenters. The van der Waals surface area contributed by atoms with Gasteiger partial charge in [-0.05, 0) is 36.8 Å². The zero-order valence-corrected chi connectivity index (χ0v) is 13.0. The molecule has 0 radical (unpaired) electrons. The molecule has 5 nitrogen and oxygen atoms in total. The van der Waals surface area contributed by atoms with Crippen molar-refractivity contribution < 1.29 is 27.8 Å². The van der Waals surface area contributed by atoms with Gasteiger partial charge in [-0.15, -0.1) is 0 Å². The summed E-state index contributed by atoms with van der Waals surface area (Å²) in [5.41, 5.74) is 0.0450. The zero-order valence-electron chi connectivity index (χ0n) is 13.0. The lowest BCUT2D eigenvalue weighted by Crippen LogP contribution is -2.32. The molecule has 0 unspecified atom stereocenters. The molecule has 1 aliphatic rings. The molecule has 1 aliphatic heterocycles. The number of amides is 1. The number of furan rings is 1. The molecule has 0 aliphatic carbocycles. The van der Waals surface area contributed by atoms with E-state index in [2.05, 4.69) is 0 Å². The van der Waals surface area contributed by atoms with E-state index in [0.29, 0.717) is 5.76 Å². The van der Waals surface area contributed by atoms with E-state index in [0.717, 1.165) is 18.2 Å². The highest BCUT2D eigenvalue weighted by atomic mass is 19.1. The Morgan fingerprint density at radius 1 is 1.38 bits per heavy atom. The topological polar surface area (TPSA) is 62.9 Å². The number of ether oxygens (including phenoxy) is 1. The third-order valence-corrected chi connectivity index (χ3v) is 4.02. The van der Waals surface area contributed by atoms with Crippen molar-refractivity contribution in [1.82, 2.24) is 4.90 Å². The van der Waals surface area contributed by atoms with Crippen LogP contribution in [0.2, 0.25) is 0 Å². The highest BCUT2D eigenvalue weighted by molar-refractivity contribution is 5.92. The van der Waals surface area contributed by atoms with Gasteiger partial charge >= 0.3 is 0 Å². The molecule has 0 bridgehead atoms. The summed E-state index contributed by atoms with van der Waals surface area (Å²) in [5, 5.41) is 9.92. The van der Waals surface area contributed by atoms with E-state index in [1.54, 1.807) is 6.07 Å². The average molecular weight is 337 g/mol. The van der Waals surface area contributed by atoms with Gasteiger partial charge in [0.2, 0.25) is 0 Å². The number of likely N-dealkylation sites (tertiary alicyclic amines) is 1. The molecule has 7 heteroatoms. The van der Waals surface area contributed by atoms with E-state index >= 15 is 0 Å². The SMILES string of the molecule is COCc1ccc(C(=O)N2C[C@H](O)C[C@H]2c2cc(F)ccc2F)o1. The summed E-state index contributed by atoms with van der Waals surface area (Å²) in [7, 11) is 1.50. The van der Waals surface area contributed by atoms with Crippen molar-refractivity contribution in [2.45, 2.75) is 25.2 Å². The van der Waals surface area contributed by atoms with Crippen LogP contribution in [0.25, 0.3) is 0 Å². The summed E-state index contributed by atoms with van der Waals surface area (Å²) in [6, 6.07) is 5.44. The maximum absolute atomic E-state index is 14.1. The second-order valence-electron chi connectivity index (χ2n) is 5.73. The molecule has 1 aromatic heterocycles. The largest absolute Gasteiger partial charge is 0.453 e. The molecule has 1 saturated heterocycles. The first kappa shape index (κ1) is 16.6. The lowest BCUT2D eigenvalue weighted by Gasteiger charge is -2.24. The van der Waals surface area contributed by atoms with E-state index in [1.165, 1.54) is 18.1 Å². The standard InChI is InChI=1S/C17H17F2NO4/c1-23-9-12-3-5-16(24-12)17(22)20-8-11(21)7-15(20)13-6-10(18)2-4-14(13)19/h2-6,11,15,21H,7-9H2,1H3/t11-,15+/m1/s1. The lowest BCUT2D eigenvalue weighted by molar-refractivity contribution is 0.0674. The van der Waals surface area contributed by atoms with Crippen molar-refractivity contribution in [2.24, 2.45) is 0 Å². The number of carbonyl (C=O) groups excluding carboxylic acids is 1. The van der Waals surface area contributed by atoms with Crippen molar-refractivity contribution in [3.63, 3.8) is 0 Å². The number of aliphatic hydroxyl groups is 1. The van der Waals surface area contributed by atoms with Gasteiger partial charge in [0.15, 0.2) is 5.76 Å². The lowest BCUT2D eigenvalue weighted by atomic mass is 10.0. The van der Waals surface area contributed by atoms with Crippen LogP contribution in [0, 0.1) is 11.6 Å². The number of halogens is 2. The fraction of sp³-hybridized carbons (Fsp3) is 0.353. The summed E-state index contributed by atoms with van der Waals surface area (Å²) in [4.78, 5) is 14.0. The van der Waals surface area contributed by atoms with Gasteiger partial charge in [0, 0.05) is 19.2 Å². The van der Waals surface area contributed by atoms with Crippen LogP contribution in [0.4, 0.5) is 8.78 Å². The van der Waals surface area contributed by atoms with Crippen molar-refractivity contribution in [2.75, 3.05) is 13.7 Å². The quantitative estimate of drug-likeness (QED) is 0.932. The molecule has 1 N–H and O–H groups in total. The predicted molar refractivity (Wildman–Crippen MR) is 80.2 cm³/mol. The summed E-state index contributed by atoms with van der Waals surface area (Å²) in [5.74, 6) is -1.15. The Morgan fingerprint density at radius 3 is 2.92 bits per heavy atom. The van der Waals surface area contributed by atoms with Crippen LogP contribution in [0.1, 0.15) is 34.3 Å². The first-order valence-corrected chi connectivity index (χ1v) is 7.51. The Morgan fingerprint density at radius 2 is 2.17 bits per heavy atom. The summed E-state index contributed by atoms with van der Waals surface area (Å²) in [6.45, 7) is 0.248. The molecular weight excluding hydrogens is 320 g/mol. The van der Waals surface area contributed by atoms with E-state index in [1.807, 2.05) is 0 Å². The minimum absolute atomic E-state index is 0.0275. The molecule has 2 aromatic rings. The van der Waals surface area contributed by atoms with Crippen LogP contribution in [0.3, 0.4) is 0 Å². The molecular formula is C17H17F2NO4. The smallest absolute Gasteiger partial charge is 0.290 e. The maximum Gasteiger partial charge on any atom is 0.290 e.